The lowest BCUT2D eigenvalue weighted by Crippen LogP contribution is -2.53. The van der Waals surface area contributed by atoms with Gasteiger partial charge in [0, 0.05) is 46.4 Å². The maximum Gasteiger partial charge on any atom is 0.210 e. The summed E-state index contributed by atoms with van der Waals surface area (Å²) in [6, 6.07) is 0. The molecule has 1 aliphatic rings. The minimum atomic E-state index is 0.322. The van der Waals surface area contributed by atoms with Crippen molar-refractivity contribution in [3.63, 3.8) is 0 Å². The van der Waals surface area contributed by atoms with Crippen molar-refractivity contribution in [2.45, 2.75) is 20.8 Å². The number of piperazine rings is 1. The summed E-state index contributed by atoms with van der Waals surface area (Å²) in [4.78, 5) is 8.49. The monoisotopic (exact) mass is 281 g/mol. The SMILES string of the molecule is COCCN/C(=N\C#N)N1CCN(CC(C)(C)C)CC1. The van der Waals surface area contributed by atoms with E-state index in [-0.39, 0.29) is 0 Å². The Bertz CT molecular complexity index is 348. The molecule has 0 aromatic carbocycles. The van der Waals surface area contributed by atoms with E-state index < -0.39 is 0 Å². The van der Waals surface area contributed by atoms with Crippen molar-refractivity contribution in [3.05, 3.63) is 0 Å². The molecule has 0 saturated carbocycles. The molecule has 0 amide bonds. The average molecular weight is 281 g/mol. The zero-order valence-electron chi connectivity index (χ0n) is 13.1. The van der Waals surface area contributed by atoms with Gasteiger partial charge in [-0.1, -0.05) is 20.8 Å². The van der Waals surface area contributed by atoms with E-state index in [9.17, 15) is 0 Å². The van der Waals surface area contributed by atoms with Crippen LogP contribution in [-0.2, 0) is 4.74 Å². The number of guanidine groups is 1. The molecule has 6 nitrogen and oxygen atoms in total. The molecule has 114 valence electrons. The van der Waals surface area contributed by atoms with Crippen LogP contribution in [0.4, 0.5) is 0 Å². The number of hydrogen-bond acceptors (Lipinski definition) is 4. The van der Waals surface area contributed by atoms with Crippen molar-refractivity contribution in [1.29, 1.82) is 5.26 Å². The van der Waals surface area contributed by atoms with Crippen LogP contribution in [0.1, 0.15) is 20.8 Å². The third-order valence-corrected chi connectivity index (χ3v) is 3.11. The first kappa shape index (κ1) is 16.7. The van der Waals surface area contributed by atoms with Gasteiger partial charge in [-0.2, -0.15) is 5.26 Å². The maximum atomic E-state index is 8.78. The van der Waals surface area contributed by atoms with Gasteiger partial charge in [0.1, 0.15) is 0 Å². The number of nitrogens with zero attached hydrogens (tertiary/aromatic N) is 4. The lowest BCUT2D eigenvalue weighted by atomic mass is 9.96. The predicted octanol–water partition coefficient (Wildman–Crippen LogP) is 0.723. The third kappa shape index (κ3) is 6.22. The number of hydrogen-bond donors (Lipinski definition) is 1. The van der Waals surface area contributed by atoms with Gasteiger partial charge in [-0.25, -0.2) is 0 Å². The highest BCUT2D eigenvalue weighted by atomic mass is 16.5. The van der Waals surface area contributed by atoms with Gasteiger partial charge in [-0.05, 0) is 5.41 Å². The normalized spacial score (nSPS) is 17.9. The highest BCUT2D eigenvalue weighted by Gasteiger charge is 2.23. The zero-order chi connectivity index (χ0) is 15.0. The smallest absolute Gasteiger partial charge is 0.210 e. The number of nitrogens with one attached hydrogen (secondary N) is 1. The first-order chi connectivity index (χ1) is 9.46. The van der Waals surface area contributed by atoms with E-state index in [0.29, 0.717) is 24.5 Å². The summed E-state index contributed by atoms with van der Waals surface area (Å²) in [5.41, 5.74) is 0.322. The minimum Gasteiger partial charge on any atom is -0.383 e. The van der Waals surface area contributed by atoms with Crippen LogP contribution in [0.5, 0.6) is 0 Å². The van der Waals surface area contributed by atoms with Gasteiger partial charge in [-0.15, -0.1) is 4.99 Å². The van der Waals surface area contributed by atoms with E-state index in [1.807, 2.05) is 6.19 Å². The topological polar surface area (TPSA) is 63.9 Å². The Hall–Kier alpha value is -1.32. The van der Waals surface area contributed by atoms with Gasteiger partial charge in [0.05, 0.1) is 6.61 Å². The molecule has 1 saturated heterocycles. The molecule has 20 heavy (non-hydrogen) atoms. The number of rotatable bonds is 4. The van der Waals surface area contributed by atoms with Gasteiger partial charge in [0.15, 0.2) is 0 Å². The first-order valence-electron chi connectivity index (χ1n) is 7.13. The largest absolute Gasteiger partial charge is 0.383 e. The van der Waals surface area contributed by atoms with Gasteiger partial charge >= 0.3 is 0 Å². The van der Waals surface area contributed by atoms with Crippen LogP contribution in [0.3, 0.4) is 0 Å². The quantitative estimate of drug-likeness (QED) is 0.356. The molecule has 1 fully saturated rings. The fourth-order valence-electron chi connectivity index (χ4n) is 2.32. The summed E-state index contributed by atoms with van der Waals surface area (Å²) < 4.78 is 5.00. The standard InChI is InChI=1S/C14H27N5O/c1-14(2,3)11-18-6-8-19(9-7-18)13(17-12-15)16-5-10-20-4/h5-11H2,1-4H3,(H,16,17). The van der Waals surface area contributed by atoms with E-state index in [2.05, 4.69) is 40.9 Å². The Kier molecular flexibility index (Phi) is 6.76. The summed E-state index contributed by atoms with van der Waals surface area (Å²) in [7, 11) is 1.66. The minimum absolute atomic E-state index is 0.322. The Morgan fingerprint density at radius 3 is 2.45 bits per heavy atom. The van der Waals surface area contributed by atoms with E-state index >= 15 is 0 Å². The van der Waals surface area contributed by atoms with Crippen LogP contribution >= 0.6 is 0 Å². The molecule has 0 aromatic rings. The lowest BCUT2D eigenvalue weighted by molar-refractivity contribution is 0.134. The van der Waals surface area contributed by atoms with Crippen LogP contribution in [0, 0.1) is 16.9 Å². The van der Waals surface area contributed by atoms with Crippen LogP contribution < -0.4 is 5.32 Å². The van der Waals surface area contributed by atoms with Crippen LogP contribution in [0.2, 0.25) is 0 Å². The fourth-order valence-corrected chi connectivity index (χ4v) is 2.32. The number of aliphatic imine (C=N–C) groups is 1. The summed E-state index contributed by atoms with van der Waals surface area (Å²) in [5, 5.41) is 11.9. The van der Waals surface area contributed by atoms with Crippen LogP contribution in [0.25, 0.3) is 0 Å². The molecule has 0 atom stereocenters. The van der Waals surface area contributed by atoms with E-state index in [1.54, 1.807) is 7.11 Å². The van der Waals surface area contributed by atoms with Crippen molar-refractivity contribution in [1.82, 2.24) is 15.1 Å². The van der Waals surface area contributed by atoms with Crippen molar-refractivity contribution < 1.29 is 4.74 Å². The van der Waals surface area contributed by atoms with Crippen LogP contribution in [0.15, 0.2) is 4.99 Å². The van der Waals surface area contributed by atoms with Crippen molar-refractivity contribution in [2.24, 2.45) is 10.4 Å². The second kappa shape index (κ2) is 8.08. The summed E-state index contributed by atoms with van der Waals surface area (Å²) in [5.74, 6) is 0.667. The number of ether oxygens (including phenoxy) is 1. The molecule has 0 unspecified atom stereocenters. The zero-order valence-corrected chi connectivity index (χ0v) is 13.1. The molecule has 1 N–H and O–H groups in total. The summed E-state index contributed by atoms with van der Waals surface area (Å²) >= 11 is 0. The fraction of sp³-hybridized carbons (Fsp3) is 0.857. The molecule has 0 aliphatic carbocycles. The van der Waals surface area contributed by atoms with E-state index in [0.717, 1.165) is 32.7 Å². The van der Waals surface area contributed by atoms with Gasteiger partial charge in [-0.3, -0.25) is 4.90 Å². The Morgan fingerprint density at radius 1 is 1.30 bits per heavy atom. The van der Waals surface area contributed by atoms with Crippen molar-refractivity contribution in [3.8, 4) is 6.19 Å². The Morgan fingerprint density at radius 2 is 1.95 bits per heavy atom. The van der Waals surface area contributed by atoms with E-state index in [1.165, 1.54) is 0 Å². The van der Waals surface area contributed by atoms with Crippen molar-refractivity contribution in [2.75, 3.05) is 53.0 Å². The molecular weight excluding hydrogens is 254 g/mol. The first-order valence-corrected chi connectivity index (χ1v) is 7.13. The second-order valence-electron chi connectivity index (χ2n) is 6.28. The summed E-state index contributed by atoms with van der Waals surface area (Å²) in [6.07, 6.45) is 1.87. The maximum absolute atomic E-state index is 8.78. The second-order valence-corrected chi connectivity index (χ2v) is 6.28. The number of methoxy groups -OCH3 is 1. The molecule has 0 radical (unpaired) electrons. The lowest BCUT2D eigenvalue weighted by Gasteiger charge is -2.38. The molecule has 1 rings (SSSR count). The average Bonchev–Trinajstić information content (AvgIpc) is 2.37. The van der Waals surface area contributed by atoms with Crippen LogP contribution in [-0.4, -0.2) is 68.7 Å². The number of nitriles is 1. The third-order valence-electron chi connectivity index (χ3n) is 3.11. The Balaban J connectivity index is 2.45. The highest BCUT2D eigenvalue weighted by molar-refractivity contribution is 5.80. The molecule has 0 bridgehead atoms. The molecule has 0 spiro atoms. The summed E-state index contributed by atoms with van der Waals surface area (Å²) in [6.45, 7) is 13.0. The predicted molar refractivity (Wildman–Crippen MR) is 80.4 cm³/mol. The molecular formula is C14H27N5O. The van der Waals surface area contributed by atoms with Crippen molar-refractivity contribution >= 4 is 5.96 Å². The van der Waals surface area contributed by atoms with Gasteiger partial charge in [0.25, 0.3) is 0 Å². The molecule has 1 aliphatic heterocycles. The van der Waals surface area contributed by atoms with Gasteiger partial charge in [0.2, 0.25) is 12.2 Å². The van der Waals surface area contributed by atoms with Gasteiger partial charge < -0.3 is 15.0 Å². The molecule has 6 heteroatoms. The highest BCUT2D eigenvalue weighted by Crippen LogP contribution is 2.16. The molecule has 1 heterocycles. The Labute approximate surface area is 122 Å². The molecule has 0 aromatic heterocycles. The van der Waals surface area contributed by atoms with E-state index in [4.69, 9.17) is 10.00 Å².